The number of ether oxygens (including phenoxy) is 3. The molecule has 0 atom stereocenters. The highest BCUT2D eigenvalue weighted by Gasteiger charge is 2.26. The summed E-state index contributed by atoms with van der Waals surface area (Å²) in [5, 5.41) is 0. The summed E-state index contributed by atoms with van der Waals surface area (Å²) in [7, 11) is 8.46. The van der Waals surface area contributed by atoms with Crippen LogP contribution in [-0.2, 0) is 25.4 Å². The van der Waals surface area contributed by atoms with Crippen molar-refractivity contribution in [3.63, 3.8) is 0 Å². The number of carbonyl (C=O) groups excluding carboxylic acids is 2. The predicted molar refractivity (Wildman–Crippen MR) is 88.5 cm³/mol. The van der Waals surface area contributed by atoms with Crippen LogP contribution < -0.4 is 10.5 Å². The number of carbonyl (C=O) groups is 2. The minimum atomic E-state index is -0.644. The fraction of sp³-hybridized carbons (Fsp3) is 0.467. The molecule has 10 heteroatoms. The Morgan fingerprint density at radius 1 is 1.24 bits per heavy atom. The Labute approximate surface area is 145 Å². The number of esters is 2. The van der Waals surface area contributed by atoms with Gasteiger partial charge < -0.3 is 19.1 Å². The lowest BCUT2D eigenvalue weighted by Crippen LogP contribution is -2.38. The van der Waals surface area contributed by atoms with Gasteiger partial charge in [-0.1, -0.05) is 0 Å². The third kappa shape index (κ3) is 3.29. The third-order valence-electron chi connectivity index (χ3n) is 3.94. The Hall–Kier alpha value is -2.62. The summed E-state index contributed by atoms with van der Waals surface area (Å²) in [6, 6.07) is 0. The summed E-state index contributed by atoms with van der Waals surface area (Å²) in [5.41, 5.74) is 1.05. The van der Waals surface area contributed by atoms with Gasteiger partial charge in [0.05, 0.1) is 39.5 Å². The van der Waals surface area contributed by atoms with Crippen molar-refractivity contribution in [3.05, 3.63) is 17.6 Å². The van der Waals surface area contributed by atoms with Gasteiger partial charge >= 0.3 is 11.9 Å². The number of nitrogens with zero attached hydrogens (tertiary/aromatic N) is 4. The maximum Gasteiger partial charge on any atom is 0.358 e. The van der Waals surface area contributed by atoms with Crippen LogP contribution in [0.3, 0.4) is 0 Å². The first-order chi connectivity index (χ1) is 12.0. The molecule has 0 unspecified atom stereocenters. The van der Waals surface area contributed by atoms with E-state index < -0.39 is 11.9 Å². The first-order valence-electron chi connectivity index (χ1n) is 7.70. The molecule has 2 radical (unpaired) electrons. The molecule has 2 aromatic rings. The van der Waals surface area contributed by atoms with Crippen molar-refractivity contribution in [2.45, 2.75) is 6.42 Å². The largest absolute Gasteiger partial charge is 0.469 e. The molecular formula is C15H17BN4O5. The Morgan fingerprint density at radius 3 is 2.60 bits per heavy atom. The molecule has 1 saturated heterocycles. The van der Waals surface area contributed by atoms with Crippen LogP contribution in [0, 0.1) is 0 Å². The van der Waals surface area contributed by atoms with Gasteiger partial charge in [-0.15, -0.1) is 0 Å². The van der Waals surface area contributed by atoms with Gasteiger partial charge in [0.2, 0.25) is 0 Å². The summed E-state index contributed by atoms with van der Waals surface area (Å²) in [6.45, 7) is 2.36. The minimum Gasteiger partial charge on any atom is -0.469 e. The molecular weight excluding hydrogens is 327 g/mol. The topological polar surface area (TPSA) is 95.3 Å². The van der Waals surface area contributed by atoms with Gasteiger partial charge in [-0.3, -0.25) is 9.20 Å². The van der Waals surface area contributed by atoms with E-state index in [4.69, 9.17) is 22.1 Å². The molecule has 0 spiro atoms. The van der Waals surface area contributed by atoms with E-state index >= 15 is 0 Å². The maximum atomic E-state index is 12.1. The molecule has 2 aromatic heterocycles. The number of methoxy groups -OCH3 is 2. The molecule has 0 amide bonds. The van der Waals surface area contributed by atoms with Gasteiger partial charge in [0.1, 0.15) is 7.85 Å². The zero-order chi connectivity index (χ0) is 18.0. The molecule has 0 aliphatic carbocycles. The van der Waals surface area contributed by atoms with Gasteiger partial charge in [-0.05, 0) is 0 Å². The van der Waals surface area contributed by atoms with E-state index in [1.807, 2.05) is 4.90 Å². The second-order valence-corrected chi connectivity index (χ2v) is 5.43. The average Bonchev–Trinajstić information content (AvgIpc) is 2.99. The Kier molecular flexibility index (Phi) is 4.89. The summed E-state index contributed by atoms with van der Waals surface area (Å²) in [4.78, 5) is 34.6. The predicted octanol–water partition coefficient (Wildman–Crippen LogP) is -1.14. The van der Waals surface area contributed by atoms with E-state index in [1.54, 1.807) is 4.40 Å². The SMILES string of the molecule is [B]c1cn2c(CC(=O)OC)c(C(=O)OC)nc2c(N2CCOCC2)n1. The van der Waals surface area contributed by atoms with E-state index in [0.29, 0.717) is 43.5 Å². The minimum absolute atomic E-state index is 0.0369. The molecule has 0 saturated carbocycles. The molecule has 0 aromatic carbocycles. The van der Waals surface area contributed by atoms with Gasteiger partial charge in [-0.2, -0.15) is 0 Å². The van der Waals surface area contributed by atoms with E-state index in [2.05, 4.69) is 9.97 Å². The standard InChI is InChI=1S/C15H17BN4O5/c1-23-11(21)7-9-12(15(22)24-2)18-14-13(17-10(16)8-20(9)14)19-3-5-25-6-4-19/h8H,3-7H2,1-2H3. The summed E-state index contributed by atoms with van der Waals surface area (Å²) in [6.07, 6.45) is 1.38. The number of hydrogen-bond donors (Lipinski definition) is 0. The summed E-state index contributed by atoms with van der Waals surface area (Å²) in [5.74, 6) is -0.617. The monoisotopic (exact) mass is 344 g/mol. The Balaban J connectivity index is 2.19. The van der Waals surface area contributed by atoms with Crippen molar-refractivity contribution in [1.82, 2.24) is 14.4 Å². The molecule has 3 heterocycles. The fourth-order valence-electron chi connectivity index (χ4n) is 2.72. The summed E-state index contributed by atoms with van der Waals surface area (Å²) >= 11 is 0. The number of rotatable bonds is 4. The highest BCUT2D eigenvalue weighted by Crippen LogP contribution is 2.22. The van der Waals surface area contributed by atoms with Crippen LogP contribution in [0.25, 0.3) is 5.65 Å². The van der Waals surface area contributed by atoms with E-state index in [-0.39, 0.29) is 17.7 Å². The molecule has 3 rings (SSSR count). The average molecular weight is 344 g/mol. The van der Waals surface area contributed by atoms with Crippen molar-refractivity contribution in [3.8, 4) is 0 Å². The normalized spacial score (nSPS) is 14.6. The number of hydrogen-bond acceptors (Lipinski definition) is 8. The van der Waals surface area contributed by atoms with Crippen molar-refractivity contribution < 1.29 is 23.8 Å². The lowest BCUT2D eigenvalue weighted by Gasteiger charge is -2.28. The van der Waals surface area contributed by atoms with E-state index in [0.717, 1.165) is 0 Å². The van der Waals surface area contributed by atoms with Crippen LogP contribution in [0.1, 0.15) is 16.2 Å². The van der Waals surface area contributed by atoms with Gasteiger partial charge in [-0.25, -0.2) is 14.8 Å². The first kappa shape index (κ1) is 17.2. The van der Waals surface area contributed by atoms with Crippen LogP contribution in [-0.4, -0.2) is 74.7 Å². The number of imidazole rings is 1. The summed E-state index contributed by atoms with van der Waals surface area (Å²) < 4.78 is 16.4. The van der Waals surface area contributed by atoms with Crippen LogP contribution in [0.15, 0.2) is 6.20 Å². The highest BCUT2D eigenvalue weighted by atomic mass is 16.5. The van der Waals surface area contributed by atoms with Gasteiger partial charge in [0, 0.05) is 24.9 Å². The number of aromatic nitrogens is 3. The van der Waals surface area contributed by atoms with Gasteiger partial charge in [0.15, 0.2) is 17.2 Å². The third-order valence-corrected chi connectivity index (χ3v) is 3.94. The molecule has 1 aliphatic heterocycles. The van der Waals surface area contributed by atoms with E-state index in [1.165, 1.54) is 20.4 Å². The number of morpholine rings is 1. The lowest BCUT2D eigenvalue weighted by atomic mass is 10.1. The van der Waals surface area contributed by atoms with Crippen molar-refractivity contribution in [2.75, 3.05) is 45.4 Å². The number of fused-ring (bicyclic) bond motifs is 1. The van der Waals surface area contributed by atoms with Crippen LogP contribution in [0.2, 0.25) is 0 Å². The smallest absolute Gasteiger partial charge is 0.358 e. The van der Waals surface area contributed by atoms with Gasteiger partial charge in [0.25, 0.3) is 0 Å². The van der Waals surface area contributed by atoms with Crippen molar-refractivity contribution >= 4 is 36.8 Å². The van der Waals surface area contributed by atoms with Crippen LogP contribution >= 0.6 is 0 Å². The molecule has 9 nitrogen and oxygen atoms in total. The second kappa shape index (κ2) is 7.10. The molecule has 130 valence electrons. The Morgan fingerprint density at radius 2 is 1.96 bits per heavy atom. The Bertz CT molecular complexity index is 816. The molecule has 0 N–H and O–H groups in total. The molecule has 0 bridgehead atoms. The molecule has 1 aliphatic rings. The van der Waals surface area contributed by atoms with Crippen molar-refractivity contribution in [2.24, 2.45) is 0 Å². The fourth-order valence-corrected chi connectivity index (χ4v) is 2.72. The second-order valence-electron chi connectivity index (χ2n) is 5.43. The van der Waals surface area contributed by atoms with E-state index in [9.17, 15) is 9.59 Å². The zero-order valence-electron chi connectivity index (χ0n) is 14.0. The van der Waals surface area contributed by atoms with Crippen LogP contribution in [0.4, 0.5) is 5.82 Å². The highest BCUT2D eigenvalue weighted by molar-refractivity contribution is 6.30. The first-order valence-corrected chi connectivity index (χ1v) is 7.70. The van der Waals surface area contributed by atoms with Crippen molar-refractivity contribution in [1.29, 1.82) is 0 Å². The lowest BCUT2D eigenvalue weighted by molar-refractivity contribution is -0.139. The quantitative estimate of drug-likeness (QED) is 0.508. The molecule has 1 fully saturated rings. The zero-order valence-corrected chi connectivity index (χ0v) is 14.0. The maximum absolute atomic E-state index is 12.1. The number of anilines is 1. The van der Waals surface area contributed by atoms with Crippen LogP contribution in [0.5, 0.6) is 0 Å². The molecule has 25 heavy (non-hydrogen) atoms.